The molecule has 0 unspecified atom stereocenters. The number of ether oxygens (including phenoxy) is 2. The van der Waals surface area contributed by atoms with Crippen molar-refractivity contribution < 1.29 is 31.5 Å². The third kappa shape index (κ3) is 6.65. The molecule has 0 spiro atoms. The van der Waals surface area contributed by atoms with E-state index in [1.54, 1.807) is 4.72 Å². The number of sulfonamides is 1. The van der Waals surface area contributed by atoms with Gasteiger partial charge >= 0.3 is 18.7 Å². The Kier molecular flexibility index (Phi) is 6.92. The number of benzene rings is 1. The number of hydrogen-bond donors (Lipinski definition) is 3. The van der Waals surface area contributed by atoms with Gasteiger partial charge < -0.3 is 14.8 Å². The molecule has 2 amide bonds. The van der Waals surface area contributed by atoms with Crippen molar-refractivity contribution in [1.82, 2.24) is 19.7 Å². The second-order valence-electron chi connectivity index (χ2n) is 6.73. The number of nitrogens with one attached hydrogen (secondary N) is 3. The number of methoxy groups -OCH3 is 1. The van der Waals surface area contributed by atoms with Crippen LogP contribution in [0, 0.1) is 0 Å². The van der Waals surface area contributed by atoms with Crippen LogP contribution in [0.3, 0.4) is 0 Å². The lowest BCUT2D eigenvalue weighted by atomic mass is 10.1. The number of alkyl halides is 2. The highest BCUT2D eigenvalue weighted by Gasteiger charge is 2.24. The molecule has 30 heavy (non-hydrogen) atoms. The van der Waals surface area contributed by atoms with E-state index in [9.17, 15) is 22.0 Å². The number of halogens is 2. The number of aromatic nitrogens is 3. The molecule has 11 nitrogen and oxygen atoms in total. The molecule has 0 aliphatic heterocycles. The van der Waals surface area contributed by atoms with Gasteiger partial charge in [-0.05, 0) is 32.9 Å². The lowest BCUT2D eigenvalue weighted by Gasteiger charge is -2.20. The molecule has 2 rings (SSSR count). The number of amides is 2. The summed E-state index contributed by atoms with van der Waals surface area (Å²) in [4.78, 5) is 23.3. The molecule has 0 saturated heterocycles. The van der Waals surface area contributed by atoms with E-state index in [1.807, 2.05) is 20.8 Å². The summed E-state index contributed by atoms with van der Waals surface area (Å²) in [5.41, 5.74) is -0.427. The summed E-state index contributed by atoms with van der Waals surface area (Å²) < 4.78 is 60.7. The van der Waals surface area contributed by atoms with Gasteiger partial charge in [0.25, 0.3) is 10.0 Å². The van der Waals surface area contributed by atoms with Crippen LogP contribution in [-0.2, 0) is 10.0 Å². The van der Waals surface area contributed by atoms with Crippen molar-refractivity contribution in [2.45, 2.75) is 37.8 Å². The van der Waals surface area contributed by atoms with Crippen molar-refractivity contribution in [1.29, 1.82) is 0 Å². The zero-order chi connectivity index (χ0) is 22.5. The standard InChI is InChI=1S/C16H20F2N6O5S/c1-16(2,3)23-13-19-12(21-15(22-13)28-4)20-14(25)24-30(26,27)10-8-6-5-7-9(10)29-11(17)18/h5-8,11H,1-4H3,(H3,19,20,21,22,23,24,25). The molecule has 1 aromatic heterocycles. The first-order chi connectivity index (χ1) is 13.9. The highest BCUT2D eigenvalue weighted by Crippen LogP contribution is 2.25. The van der Waals surface area contributed by atoms with E-state index in [2.05, 4.69) is 30.3 Å². The Balaban J connectivity index is 2.22. The van der Waals surface area contributed by atoms with Gasteiger partial charge in [0.05, 0.1) is 7.11 Å². The number of para-hydroxylation sites is 1. The van der Waals surface area contributed by atoms with Gasteiger partial charge in [-0.2, -0.15) is 23.7 Å². The number of carbonyl (C=O) groups excluding carboxylic acids is 1. The highest BCUT2D eigenvalue weighted by atomic mass is 32.2. The molecule has 0 aliphatic carbocycles. The van der Waals surface area contributed by atoms with Gasteiger partial charge in [-0.3, -0.25) is 5.32 Å². The number of rotatable bonds is 7. The molecule has 0 fully saturated rings. The second kappa shape index (κ2) is 9.02. The fraction of sp³-hybridized carbons (Fsp3) is 0.375. The summed E-state index contributed by atoms with van der Waals surface area (Å²) in [5, 5.41) is 5.08. The van der Waals surface area contributed by atoms with Crippen LogP contribution in [-0.4, -0.2) is 48.7 Å². The van der Waals surface area contributed by atoms with Gasteiger partial charge in [0.15, 0.2) is 0 Å². The van der Waals surface area contributed by atoms with Gasteiger partial charge in [-0.1, -0.05) is 12.1 Å². The minimum absolute atomic E-state index is 0.0724. The van der Waals surface area contributed by atoms with E-state index >= 15 is 0 Å². The number of urea groups is 1. The van der Waals surface area contributed by atoms with Crippen LogP contribution in [0.2, 0.25) is 0 Å². The monoisotopic (exact) mass is 446 g/mol. The van der Waals surface area contributed by atoms with E-state index in [0.717, 1.165) is 12.1 Å². The predicted molar refractivity (Wildman–Crippen MR) is 102 cm³/mol. The topological polar surface area (TPSA) is 144 Å². The Morgan fingerprint density at radius 2 is 1.73 bits per heavy atom. The van der Waals surface area contributed by atoms with Crippen molar-refractivity contribution in [2.24, 2.45) is 0 Å². The van der Waals surface area contributed by atoms with E-state index in [-0.39, 0.29) is 17.9 Å². The zero-order valence-corrected chi connectivity index (χ0v) is 17.3. The predicted octanol–water partition coefficient (Wildman–Crippen LogP) is 2.20. The largest absolute Gasteiger partial charge is 0.467 e. The smallest absolute Gasteiger partial charge is 0.387 e. The first kappa shape index (κ1) is 23.0. The minimum atomic E-state index is -4.55. The van der Waals surface area contributed by atoms with Crippen LogP contribution in [0.15, 0.2) is 29.2 Å². The molecule has 2 aromatic rings. The lowest BCUT2D eigenvalue weighted by molar-refractivity contribution is -0.0517. The number of hydrogen-bond acceptors (Lipinski definition) is 9. The molecule has 0 aliphatic rings. The van der Waals surface area contributed by atoms with Crippen LogP contribution in [0.5, 0.6) is 11.8 Å². The Labute approximate surface area is 171 Å². The summed E-state index contributed by atoms with van der Waals surface area (Å²) in [6.07, 6.45) is 0. The van der Waals surface area contributed by atoms with Gasteiger partial charge in [0.2, 0.25) is 11.9 Å². The average Bonchev–Trinajstić information content (AvgIpc) is 2.59. The molecule has 0 bridgehead atoms. The number of nitrogens with zero attached hydrogens (tertiary/aromatic N) is 3. The lowest BCUT2D eigenvalue weighted by Crippen LogP contribution is -2.35. The maximum absolute atomic E-state index is 12.5. The molecule has 1 aromatic carbocycles. The number of carbonyl (C=O) groups is 1. The summed E-state index contributed by atoms with van der Waals surface area (Å²) in [7, 11) is -3.25. The summed E-state index contributed by atoms with van der Waals surface area (Å²) >= 11 is 0. The van der Waals surface area contributed by atoms with Crippen molar-refractivity contribution >= 4 is 28.0 Å². The summed E-state index contributed by atoms with van der Waals surface area (Å²) in [6.45, 7) is 2.28. The van der Waals surface area contributed by atoms with E-state index in [0.29, 0.717) is 0 Å². The third-order valence-corrected chi connectivity index (χ3v) is 4.46. The van der Waals surface area contributed by atoms with Crippen LogP contribution >= 0.6 is 0 Å². The first-order valence-electron chi connectivity index (χ1n) is 8.35. The van der Waals surface area contributed by atoms with Gasteiger partial charge in [0.1, 0.15) is 10.6 Å². The van der Waals surface area contributed by atoms with Crippen molar-refractivity contribution in [2.75, 3.05) is 17.7 Å². The maximum Gasteiger partial charge on any atom is 0.387 e. The quantitative estimate of drug-likeness (QED) is 0.583. The molecule has 0 saturated carbocycles. The fourth-order valence-electron chi connectivity index (χ4n) is 2.06. The molecule has 1 heterocycles. The van der Waals surface area contributed by atoms with Crippen LogP contribution in [0.1, 0.15) is 20.8 Å². The van der Waals surface area contributed by atoms with Crippen molar-refractivity contribution in [3.8, 4) is 11.8 Å². The second-order valence-corrected chi connectivity index (χ2v) is 8.38. The minimum Gasteiger partial charge on any atom is -0.467 e. The SMILES string of the molecule is COc1nc(NC(=O)NS(=O)(=O)c2ccccc2OC(F)F)nc(NC(C)(C)C)n1. The van der Waals surface area contributed by atoms with E-state index in [1.165, 1.54) is 19.2 Å². The Morgan fingerprint density at radius 3 is 2.33 bits per heavy atom. The summed E-state index contributed by atoms with van der Waals surface area (Å²) in [5.74, 6) is -0.854. The third-order valence-electron chi connectivity index (χ3n) is 3.09. The van der Waals surface area contributed by atoms with Crippen LogP contribution in [0.4, 0.5) is 25.5 Å². The normalized spacial score (nSPS) is 11.7. The maximum atomic E-state index is 12.5. The molecule has 3 N–H and O–H groups in total. The highest BCUT2D eigenvalue weighted by molar-refractivity contribution is 7.90. The van der Waals surface area contributed by atoms with Gasteiger partial charge in [-0.25, -0.2) is 17.9 Å². The van der Waals surface area contributed by atoms with Crippen molar-refractivity contribution in [3.05, 3.63) is 24.3 Å². The molecule has 0 atom stereocenters. The Bertz CT molecular complexity index is 1010. The van der Waals surface area contributed by atoms with Gasteiger partial charge in [0, 0.05) is 5.54 Å². The Morgan fingerprint density at radius 1 is 1.10 bits per heavy atom. The molecule has 0 radical (unpaired) electrons. The fourth-order valence-corrected chi connectivity index (χ4v) is 3.11. The molecular formula is C16H20F2N6O5S. The Hall–Kier alpha value is -3.29. The summed E-state index contributed by atoms with van der Waals surface area (Å²) in [6, 6.07) is 3.25. The molecular weight excluding hydrogens is 426 g/mol. The molecule has 14 heteroatoms. The van der Waals surface area contributed by atoms with Crippen molar-refractivity contribution in [3.63, 3.8) is 0 Å². The number of anilines is 2. The van der Waals surface area contributed by atoms with Crippen LogP contribution in [0.25, 0.3) is 0 Å². The van der Waals surface area contributed by atoms with Crippen LogP contribution < -0.4 is 24.8 Å². The van der Waals surface area contributed by atoms with E-state index in [4.69, 9.17) is 4.74 Å². The average molecular weight is 446 g/mol. The zero-order valence-electron chi connectivity index (χ0n) is 16.4. The first-order valence-corrected chi connectivity index (χ1v) is 9.84. The van der Waals surface area contributed by atoms with E-state index < -0.39 is 38.8 Å². The van der Waals surface area contributed by atoms with Gasteiger partial charge in [-0.15, -0.1) is 0 Å². The molecule has 164 valence electrons.